The molecule has 0 saturated carbocycles. The zero-order valence-corrected chi connectivity index (χ0v) is 17.2. The molecule has 1 aliphatic carbocycles. The van der Waals surface area contributed by atoms with Crippen LogP contribution in [0, 0.1) is 0 Å². The summed E-state index contributed by atoms with van der Waals surface area (Å²) in [6.07, 6.45) is 4.24. The molecule has 6 heteroatoms. The molecule has 1 unspecified atom stereocenters. The first-order valence-corrected chi connectivity index (χ1v) is 10.5. The zero-order valence-electron chi connectivity index (χ0n) is 17.2. The lowest BCUT2D eigenvalue weighted by atomic mass is 9.86. The number of phenolic OH excluding ortho intramolecular Hbond substituents is 1. The van der Waals surface area contributed by atoms with Gasteiger partial charge in [-0.25, -0.2) is 4.98 Å². The number of methoxy groups -OCH3 is 1. The van der Waals surface area contributed by atoms with Crippen LogP contribution in [0.5, 0.6) is 5.75 Å². The third-order valence-electron chi connectivity index (χ3n) is 6.59. The molecule has 0 spiro atoms. The van der Waals surface area contributed by atoms with Crippen molar-refractivity contribution in [3.8, 4) is 17.1 Å². The van der Waals surface area contributed by atoms with Crippen molar-refractivity contribution in [1.82, 2.24) is 9.55 Å². The van der Waals surface area contributed by atoms with Crippen LogP contribution in [0.25, 0.3) is 22.3 Å². The molecule has 154 valence electrons. The first kappa shape index (κ1) is 19.0. The second kappa shape index (κ2) is 7.06. The minimum absolute atomic E-state index is 0.113. The smallest absolute Gasteiger partial charge is 0.257 e. The fourth-order valence-corrected chi connectivity index (χ4v) is 5.12. The number of fused-ring (bicyclic) bond motifs is 4. The summed E-state index contributed by atoms with van der Waals surface area (Å²) in [4.78, 5) is 30.0. The van der Waals surface area contributed by atoms with Gasteiger partial charge in [-0.3, -0.25) is 4.79 Å². The average Bonchev–Trinajstić information content (AvgIpc) is 3.13. The van der Waals surface area contributed by atoms with Gasteiger partial charge in [-0.2, -0.15) is 0 Å². The Morgan fingerprint density at radius 2 is 2.07 bits per heavy atom. The van der Waals surface area contributed by atoms with Crippen LogP contribution in [-0.2, 0) is 35.5 Å². The van der Waals surface area contributed by atoms with Crippen molar-refractivity contribution in [1.29, 1.82) is 0 Å². The molecule has 2 aliphatic rings. The molecule has 0 saturated heterocycles. The largest absolute Gasteiger partial charge is 0.508 e. The van der Waals surface area contributed by atoms with Crippen LogP contribution < -0.4 is 5.56 Å². The molecule has 30 heavy (non-hydrogen) atoms. The maximum absolute atomic E-state index is 13.4. The van der Waals surface area contributed by atoms with Crippen LogP contribution >= 0.6 is 0 Å². The number of pyridine rings is 2. The molecule has 3 heterocycles. The van der Waals surface area contributed by atoms with Crippen LogP contribution in [0.2, 0.25) is 0 Å². The van der Waals surface area contributed by atoms with Crippen LogP contribution in [0.3, 0.4) is 0 Å². The third-order valence-corrected chi connectivity index (χ3v) is 6.59. The van der Waals surface area contributed by atoms with E-state index < -0.39 is 0 Å². The van der Waals surface area contributed by atoms with E-state index in [9.17, 15) is 14.7 Å². The Labute approximate surface area is 174 Å². The Morgan fingerprint density at radius 1 is 1.27 bits per heavy atom. The van der Waals surface area contributed by atoms with E-state index in [4.69, 9.17) is 9.72 Å². The van der Waals surface area contributed by atoms with E-state index in [2.05, 4.69) is 0 Å². The number of carbonyl (C=O) groups is 1. The summed E-state index contributed by atoms with van der Waals surface area (Å²) >= 11 is 0. The van der Waals surface area contributed by atoms with E-state index in [1.54, 1.807) is 17.7 Å². The number of phenols is 1. The molecule has 6 nitrogen and oxygen atoms in total. The second-order valence-corrected chi connectivity index (χ2v) is 8.17. The van der Waals surface area contributed by atoms with Crippen LogP contribution in [0.15, 0.2) is 23.0 Å². The molecule has 1 N–H and O–H groups in total. The van der Waals surface area contributed by atoms with Crippen molar-refractivity contribution >= 4 is 17.2 Å². The van der Waals surface area contributed by atoms with Gasteiger partial charge in [-0.15, -0.1) is 0 Å². The highest BCUT2D eigenvalue weighted by atomic mass is 16.5. The van der Waals surface area contributed by atoms with Gasteiger partial charge in [0.1, 0.15) is 12.0 Å². The molecule has 0 radical (unpaired) electrons. The summed E-state index contributed by atoms with van der Waals surface area (Å²) in [5.41, 5.74) is 6.81. The Morgan fingerprint density at radius 3 is 2.80 bits per heavy atom. The predicted octanol–water partition coefficient (Wildman–Crippen LogP) is 3.46. The number of carbonyl (C=O) groups excluding carboxylic acids is 1. The highest BCUT2D eigenvalue weighted by Crippen LogP contribution is 2.42. The lowest BCUT2D eigenvalue weighted by molar-refractivity contribution is -0.109. The summed E-state index contributed by atoms with van der Waals surface area (Å²) in [6.45, 7) is 2.58. The maximum Gasteiger partial charge on any atom is 0.257 e. The number of aryl methyl sites for hydroxylation is 2. The number of aromatic nitrogens is 2. The third kappa shape index (κ3) is 2.56. The van der Waals surface area contributed by atoms with Gasteiger partial charge < -0.3 is 19.2 Å². The summed E-state index contributed by atoms with van der Waals surface area (Å²) in [5, 5.41) is 11.4. The Kier molecular flexibility index (Phi) is 4.47. The van der Waals surface area contributed by atoms with E-state index in [1.807, 2.05) is 19.1 Å². The minimum Gasteiger partial charge on any atom is -0.508 e. The Bertz CT molecular complexity index is 1260. The van der Waals surface area contributed by atoms with Crippen LogP contribution in [-0.4, -0.2) is 28.1 Å². The normalized spacial score (nSPS) is 15.1. The molecular formula is C24H24N2O4. The summed E-state index contributed by atoms with van der Waals surface area (Å²) in [5.74, 6) is -0.0283. The number of rotatable bonds is 5. The molecule has 2 aromatic heterocycles. The average molecular weight is 404 g/mol. The number of hydrogen-bond donors (Lipinski definition) is 1. The van der Waals surface area contributed by atoms with E-state index in [0.717, 1.165) is 64.5 Å². The van der Waals surface area contributed by atoms with Gasteiger partial charge in [0.2, 0.25) is 0 Å². The molecule has 5 rings (SSSR count). The fraction of sp³-hybridized carbons (Fsp3) is 0.375. The van der Waals surface area contributed by atoms with Gasteiger partial charge in [0.05, 0.1) is 30.1 Å². The minimum atomic E-state index is -0.347. The van der Waals surface area contributed by atoms with Gasteiger partial charge in [-0.1, -0.05) is 6.92 Å². The van der Waals surface area contributed by atoms with Crippen LogP contribution in [0.1, 0.15) is 53.5 Å². The SMILES string of the molecule is CCC(C=O)c1cc2n(c(=O)c1COC)Cc1c-2nc2ccc(O)c3c2c1CCC3. The fourth-order valence-electron chi connectivity index (χ4n) is 5.12. The first-order chi connectivity index (χ1) is 14.6. The molecule has 3 aromatic rings. The molecule has 0 bridgehead atoms. The van der Waals surface area contributed by atoms with Crippen molar-refractivity contribution in [2.24, 2.45) is 0 Å². The highest BCUT2D eigenvalue weighted by Gasteiger charge is 2.31. The predicted molar refractivity (Wildman–Crippen MR) is 114 cm³/mol. The van der Waals surface area contributed by atoms with Gasteiger partial charge >= 0.3 is 0 Å². The number of ether oxygens (including phenoxy) is 1. The quantitative estimate of drug-likeness (QED) is 0.515. The van der Waals surface area contributed by atoms with Crippen molar-refractivity contribution in [2.45, 2.75) is 51.7 Å². The number of aldehydes is 1. The Hall–Kier alpha value is -2.99. The van der Waals surface area contributed by atoms with Gasteiger partial charge in [0, 0.05) is 35.1 Å². The lowest BCUT2D eigenvalue weighted by Crippen LogP contribution is -2.26. The standard InChI is InChI=1S/C24H24N2O4/c1-3-13(11-27)16-9-20-23-17(10-26(20)24(29)18(16)12-30-2)14-5-4-6-15-21(28)8-7-19(25-23)22(14)15/h7-9,11,13,28H,3-6,10,12H2,1-2H3. The zero-order chi connectivity index (χ0) is 21.0. The van der Waals surface area contributed by atoms with E-state index in [1.165, 1.54) is 5.56 Å². The molecule has 1 atom stereocenters. The molecular weight excluding hydrogens is 380 g/mol. The monoisotopic (exact) mass is 404 g/mol. The van der Waals surface area contributed by atoms with Crippen molar-refractivity contribution in [3.05, 3.63) is 56.4 Å². The molecule has 0 amide bonds. The Balaban J connectivity index is 1.81. The number of aromatic hydroxyl groups is 1. The van der Waals surface area contributed by atoms with Gasteiger partial charge in [-0.05, 0) is 55.0 Å². The molecule has 1 aliphatic heterocycles. The molecule has 0 fully saturated rings. The lowest BCUT2D eigenvalue weighted by Gasteiger charge is -2.20. The highest BCUT2D eigenvalue weighted by molar-refractivity contribution is 5.92. The van der Waals surface area contributed by atoms with Crippen LogP contribution in [0.4, 0.5) is 0 Å². The van der Waals surface area contributed by atoms with Crippen molar-refractivity contribution < 1.29 is 14.6 Å². The summed E-state index contributed by atoms with van der Waals surface area (Å²) in [6, 6.07) is 5.52. The number of hydrogen-bond acceptors (Lipinski definition) is 5. The topological polar surface area (TPSA) is 81.4 Å². The van der Waals surface area contributed by atoms with Gasteiger partial charge in [0.25, 0.3) is 5.56 Å². The maximum atomic E-state index is 13.4. The molecule has 1 aromatic carbocycles. The summed E-state index contributed by atoms with van der Waals surface area (Å²) < 4.78 is 7.06. The second-order valence-electron chi connectivity index (χ2n) is 8.17. The van der Waals surface area contributed by atoms with E-state index in [-0.39, 0.29) is 18.1 Å². The van der Waals surface area contributed by atoms with Crippen molar-refractivity contribution in [3.63, 3.8) is 0 Å². The van der Waals surface area contributed by atoms with E-state index in [0.29, 0.717) is 24.3 Å². The first-order valence-electron chi connectivity index (χ1n) is 10.5. The summed E-state index contributed by atoms with van der Waals surface area (Å²) in [7, 11) is 1.56. The van der Waals surface area contributed by atoms with E-state index >= 15 is 0 Å². The van der Waals surface area contributed by atoms with Crippen molar-refractivity contribution in [2.75, 3.05) is 7.11 Å². The number of nitrogens with zero attached hydrogens (tertiary/aromatic N) is 2. The van der Waals surface area contributed by atoms with Gasteiger partial charge in [0.15, 0.2) is 0 Å². The number of benzene rings is 1.